The van der Waals surface area contributed by atoms with E-state index in [1.807, 2.05) is 61.2 Å². The number of fused-ring (bicyclic) bond motifs is 1. The summed E-state index contributed by atoms with van der Waals surface area (Å²) < 4.78 is 5.44. The van der Waals surface area contributed by atoms with Crippen molar-refractivity contribution in [1.29, 1.82) is 0 Å². The molecule has 0 unspecified atom stereocenters. The van der Waals surface area contributed by atoms with E-state index in [1.54, 1.807) is 12.1 Å². The molecular weight excluding hydrogens is 404 g/mol. The van der Waals surface area contributed by atoms with Gasteiger partial charge in [0, 0.05) is 37.4 Å². The van der Waals surface area contributed by atoms with Crippen LogP contribution in [0.25, 0.3) is 22.4 Å². The average Bonchev–Trinajstić information content (AvgIpc) is 3.20. The van der Waals surface area contributed by atoms with Gasteiger partial charge in [0.25, 0.3) is 11.6 Å². The Labute approximate surface area is 185 Å². The first-order chi connectivity index (χ1) is 15.5. The zero-order valence-corrected chi connectivity index (χ0v) is 18.1. The Morgan fingerprint density at radius 2 is 1.66 bits per heavy atom. The number of nitrogens with zero attached hydrogens (tertiary/aromatic N) is 4. The second-order valence-corrected chi connectivity index (χ2v) is 8.16. The van der Waals surface area contributed by atoms with Crippen LogP contribution in [0.5, 0.6) is 5.75 Å². The molecule has 0 spiro atoms. The van der Waals surface area contributed by atoms with Crippen molar-refractivity contribution in [3.8, 4) is 17.0 Å². The summed E-state index contributed by atoms with van der Waals surface area (Å²) in [5.74, 6) is 0.208. The summed E-state index contributed by atoms with van der Waals surface area (Å²) in [7, 11) is 0. The van der Waals surface area contributed by atoms with Crippen LogP contribution >= 0.6 is 0 Å². The number of aryl methyl sites for hydroxylation is 2. The minimum Gasteiger partial charge on any atom is -0.508 e. The number of anilines is 1. The van der Waals surface area contributed by atoms with Gasteiger partial charge in [-0.1, -0.05) is 35.0 Å². The number of hydrogen-bond acceptors (Lipinski definition) is 6. The molecule has 0 saturated carbocycles. The lowest BCUT2D eigenvalue weighted by molar-refractivity contribution is 0.0748. The lowest BCUT2D eigenvalue weighted by Crippen LogP contribution is -2.48. The number of pyridine rings is 1. The van der Waals surface area contributed by atoms with E-state index < -0.39 is 0 Å². The quantitative estimate of drug-likeness (QED) is 0.527. The number of aromatic nitrogens is 2. The Morgan fingerprint density at radius 3 is 2.34 bits per heavy atom. The molecule has 1 fully saturated rings. The number of benzene rings is 2. The van der Waals surface area contributed by atoms with Gasteiger partial charge < -0.3 is 19.4 Å². The van der Waals surface area contributed by atoms with E-state index in [0.29, 0.717) is 41.1 Å². The first kappa shape index (κ1) is 20.1. The van der Waals surface area contributed by atoms with Crippen molar-refractivity contribution < 1.29 is 14.4 Å². The van der Waals surface area contributed by atoms with Gasteiger partial charge in [-0.2, -0.15) is 0 Å². The fraction of sp³-hybridized carbons (Fsp3) is 0.240. The second kappa shape index (κ2) is 8.00. The molecule has 3 heterocycles. The SMILES string of the molecule is Cc1ccc(-c2cc(C(=O)N3CCN(c4ccc(O)cc4)CC3)c3c(C)noc3n2)cc1. The summed E-state index contributed by atoms with van der Waals surface area (Å²) in [4.78, 5) is 22.3. The lowest BCUT2D eigenvalue weighted by Gasteiger charge is -2.36. The molecule has 7 nitrogen and oxygen atoms in total. The summed E-state index contributed by atoms with van der Waals surface area (Å²) in [6, 6.07) is 17.1. The molecule has 1 aliphatic heterocycles. The van der Waals surface area contributed by atoms with Gasteiger partial charge in [-0.05, 0) is 44.2 Å². The molecule has 4 aromatic rings. The van der Waals surface area contributed by atoms with Crippen LogP contribution in [0.1, 0.15) is 21.6 Å². The van der Waals surface area contributed by atoms with Gasteiger partial charge in [-0.3, -0.25) is 4.79 Å². The molecule has 0 atom stereocenters. The average molecular weight is 428 g/mol. The molecule has 7 heteroatoms. The van der Waals surface area contributed by atoms with Gasteiger partial charge in [0.1, 0.15) is 5.75 Å². The number of piperazine rings is 1. The van der Waals surface area contributed by atoms with Crippen LogP contribution in [0, 0.1) is 13.8 Å². The van der Waals surface area contributed by atoms with Crippen molar-refractivity contribution in [3.05, 3.63) is 71.4 Å². The first-order valence-corrected chi connectivity index (χ1v) is 10.7. The molecule has 2 aromatic carbocycles. The van der Waals surface area contributed by atoms with E-state index in [2.05, 4.69) is 15.0 Å². The van der Waals surface area contributed by atoms with Crippen LogP contribution in [0.2, 0.25) is 0 Å². The predicted molar refractivity (Wildman–Crippen MR) is 123 cm³/mol. The van der Waals surface area contributed by atoms with Crippen LogP contribution in [-0.2, 0) is 0 Å². The van der Waals surface area contributed by atoms with Gasteiger partial charge in [-0.15, -0.1) is 0 Å². The van der Waals surface area contributed by atoms with Crippen molar-refractivity contribution in [2.75, 3.05) is 31.1 Å². The first-order valence-electron chi connectivity index (χ1n) is 10.7. The highest BCUT2D eigenvalue weighted by atomic mass is 16.5. The third kappa shape index (κ3) is 3.66. The fourth-order valence-corrected chi connectivity index (χ4v) is 4.14. The molecule has 1 aliphatic rings. The van der Waals surface area contributed by atoms with E-state index >= 15 is 0 Å². The number of rotatable bonds is 3. The molecule has 0 radical (unpaired) electrons. The van der Waals surface area contributed by atoms with Gasteiger partial charge >= 0.3 is 0 Å². The van der Waals surface area contributed by atoms with Crippen molar-refractivity contribution in [1.82, 2.24) is 15.0 Å². The highest BCUT2D eigenvalue weighted by Crippen LogP contribution is 2.29. The largest absolute Gasteiger partial charge is 0.508 e. The Kier molecular flexibility index (Phi) is 5.01. The zero-order chi connectivity index (χ0) is 22.2. The van der Waals surface area contributed by atoms with E-state index in [0.717, 1.165) is 29.9 Å². The number of amides is 1. The minimum absolute atomic E-state index is 0.0394. The second-order valence-electron chi connectivity index (χ2n) is 8.16. The van der Waals surface area contributed by atoms with E-state index in [-0.39, 0.29) is 11.7 Å². The molecular formula is C25H24N4O3. The smallest absolute Gasteiger partial charge is 0.259 e. The molecule has 0 bridgehead atoms. The highest BCUT2D eigenvalue weighted by Gasteiger charge is 2.26. The van der Waals surface area contributed by atoms with Crippen LogP contribution in [0.4, 0.5) is 5.69 Å². The summed E-state index contributed by atoms with van der Waals surface area (Å²) in [6.07, 6.45) is 0. The predicted octanol–water partition coefficient (Wildman–Crippen LogP) is 4.17. The number of carbonyl (C=O) groups is 1. The number of carbonyl (C=O) groups excluding carboxylic acids is 1. The Balaban J connectivity index is 1.43. The van der Waals surface area contributed by atoms with Crippen molar-refractivity contribution in [3.63, 3.8) is 0 Å². The molecule has 1 saturated heterocycles. The Morgan fingerprint density at radius 1 is 0.969 bits per heavy atom. The normalized spacial score (nSPS) is 14.2. The highest BCUT2D eigenvalue weighted by molar-refractivity contribution is 6.07. The van der Waals surface area contributed by atoms with E-state index in [4.69, 9.17) is 4.52 Å². The Hall–Kier alpha value is -3.87. The summed E-state index contributed by atoms with van der Waals surface area (Å²) in [5, 5.41) is 14.2. The molecule has 1 N–H and O–H groups in total. The number of phenolic OH excluding ortho intramolecular Hbond substituents is 1. The molecule has 5 rings (SSSR count). The number of phenols is 1. The van der Waals surface area contributed by atoms with Gasteiger partial charge in [-0.25, -0.2) is 4.98 Å². The summed E-state index contributed by atoms with van der Waals surface area (Å²) in [6.45, 7) is 6.52. The molecule has 162 valence electrons. The maximum Gasteiger partial charge on any atom is 0.259 e. The minimum atomic E-state index is -0.0394. The molecule has 0 aliphatic carbocycles. The lowest BCUT2D eigenvalue weighted by atomic mass is 10.0. The van der Waals surface area contributed by atoms with Crippen molar-refractivity contribution in [2.24, 2.45) is 0 Å². The molecule has 1 amide bonds. The monoisotopic (exact) mass is 428 g/mol. The van der Waals surface area contributed by atoms with Crippen molar-refractivity contribution in [2.45, 2.75) is 13.8 Å². The summed E-state index contributed by atoms with van der Waals surface area (Å²) >= 11 is 0. The summed E-state index contributed by atoms with van der Waals surface area (Å²) in [5.41, 5.74) is 5.44. The van der Waals surface area contributed by atoms with Gasteiger partial charge in [0.2, 0.25) is 0 Å². The number of hydrogen-bond donors (Lipinski definition) is 1. The van der Waals surface area contributed by atoms with Crippen LogP contribution < -0.4 is 4.90 Å². The van der Waals surface area contributed by atoms with Crippen LogP contribution in [0.3, 0.4) is 0 Å². The molecule has 32 heavy (non-hydrogen) atoms. The number of aromatic hydroxyl groups is 1. The topological polar surface area (TPSA) is 82.7 Å². The van der Waals surface area contributed by atoms with E-state index in [1.165, 1.54) is 0 Å². The Bertz CT molecular complexity index is 1270. The van der Waals surface area contributed by atoms with E-state index in [9.17, 15) is 9.90 Å². The molecule has 2 aromatic heterocycles. The third-order valence-electron chi connectivity index (χ3n) is 5.98. The van der Waals surface area contributed by atoms with Gasteiger partial charge in [0.05, 0.1) is 22.3 Å². The van der Waals surface area contributed by atoms with Crippen LogP contribution in [0.15, 0.2) is 59.1 Å². The van der Waals surface area contributed by atoms with Gasteiger partial charge in [0.15, 0.2) is 0 Å². The standard InChI is InChI=1S/C25H24N4O3/c1-16-3-5-18(6-4-16)22-15-21(23-17(2)27-32-24(23)26-22)25(31)29-13-11-28(12-14-29)19-7-9-20(30)10-8-19/h3-10,15,30H,11-14H2,1-2H3. The fourth-order valence-electron chi connectivity index (χ4n) is 4.14. The zero-order valence-electron chi connectivity index (χ0n) is 18.1. The van der Waals surface area contributed by atoms with Crippen molar-refractivity contribution >= 4 is 22.7 Å². The van der Waals surface area contributed by atoms with Crippen LogP contribution in [-0.4, -0.2) is 52.2 Å². The third-order valence-corrected chi connectivity index (χ3v) is 5.98. The maximum absolute atomic E-state index is 13.6. The maximum atomic E-state index is 13.6.